The molecule has 1 amide bonds. The molecular formula is C17H19ClN2O4S. The zero-order valence-corrected chi connectivity index (χ0v) is 15.4. The van der Waals surface area contributed by atoms with Gasteiger partial charge in [-0.3, -0.25) is 9.52 Å². The first kappa shape index (κ1) is 19.1. The van der Waals surface area contributed by atoms with Gasteiger partial charge in [-0.25, -0.2) is 8.42 Å². The molecule has 8 heteroatoms. The van der Waals surface area contributed by atoms with Crippen LogP contribution in [0.1, 0.15) is 12.5 Å². The zero-order valence-electron chi connectivity index (χ0n) is 13.9. The van der Waals surface area contributed by atoms with Crippen LogP contribution in [0.15, 0.2) is 47.4 Å². The lowest BCUT2D eigenvalue weighted by Crippen LogP contribution is -2.22. The summed E-state index contributed by atoms with van der Waals surface area (Å²) < 4.78 is 32.7. The molecule has 0 unspecified atom stereocenters. The van der Waals surface area contributed by atoms with E-state index in [0.29, 0.717) is 23.7 Å². The molecule has 0 saturated carbocycles. The van der Waals surface area contributed by atoms with Crippen LogP contribution in [-0.2, 0) is 21.2 Å². The van der Waals surface area contributed by atoms with Gasteiger partial charge < -0.3 is 10.1 Å². The molecule has 0 aliphatic heterocycles. The van der Waals surface area contributed by atoms with Gasteiger partial charge in [-0.05, 0) is 42.3 Å². The third-order valence-electron chi connectivity index (χ3n) is 3.43. The lowest BCUT2D eigenvalue weighted by atomic mass is 10.1. The predicted molar refractivity (Wildman–Crippen MR) is 97.6 cm³/mol. The van der Waals surface area contributed by atoms with Gasteiger partial charge in [0.1, 0.15) is 5.75 Å². The molecule has 2 rings (SSSR count). The van der Waals surface area contributed by atoms with E-state index in [1.165, 1.54) is 32.2 Å². The molecule has 2 aromatic rings. The molecule has 0 radical (unpaired) electrons. The highest BCUT2D eigenvalue weighted by molar-refractivity contribution is 7.92. The Bertz CT molecular complexity index is 851. The summed E-state index contributed by atoms with van der Waals surface area (Å²) in [5, 5.41) is 3.09. The fourth-order valence-electron chi connectivity index (χ4n) is 2.18. The van der Waals surface area contributed by atoms with Gasteiger partial charge in [0.15, 0.2) is 0 Å². The lowest BCUT2D eigenvalue weighted by molar-refractivity contribution is -0.118. The molecule has 25 heavy (non-hydrogen) atoms. The summed E-state index contributed by atoms with van der Waals surface area (Å²) in [6, 6.07) is 11.1. The summed E-state index contributed by atoms with van der Waals surface area (Å²) in [7, 11) is -2.32. The van der Waals surface area contributed by atoms with Gasteiger partial charge >= 0.3 is 0 Å². The van der Waals surface area contributed by atoms with Gasteiger partial charge in [0, 0.05) is 18.5 Å². The van der Waals surface area contributed by atoms with E-state index >= 15 is 0 Å². The number of benzene rings is 2. The third-order valence-corrected chi connectivity index (χ3v) is 5.04. The maximum absolute atomic E-state index is 12.5. The van der Waals surface area contributed by atoms with E-state index in [2.05, 4.69) is 10.0 Å². The molecule has 0 aliphatic rings. The van der Waals surface area contributed by atoms with Gasteiger partial charge in [0.25, 0.3) is 10.0 Å². The minimum Gasteiger partial charge on any atom is -0.495 e. The van der Waals surface area contributed by atoms with Gasteiger partial charge in [0.05, 0.1) is 17.7 Å². The molecule has 2 N–H and O–H groups in total. The van der Waals surface area contributed by atoms with Gasteiger partial charge in [-0.2, -0.15) is 0 Å². The van der Waals surface area contributed by atoms with Gasteiger partial charge in [-0.1, -0.05) is 23.7 Å². The number of sulfonamides is 1. The second-order valence-corrected chi connectivity index (χ2v) is 7.45. The summed E-state index contributed by atoms with van der Waals surface area (Å²) in [5.41, 5.74) is 1.19. The number of nitrogens with one attached hydrogen (secondary N) is 2. The van der Waals surface area contributed by atoms with E-state index < -0.39 is 10.0 Å². The molecule has 0 spiro atoms. The van der Waals surface area contributed by atoms with E-state index in [-0.39, 0.29) is 16.5 Å². The molecule has 2 aromatic carbocycles. The number of carbonyl (C=O) groups excluding carboxylic acids is 1. The Morgan fingerprint density at radius 3 is 2.44 bits per heavy atom. The first-order valence-corrected chi connectivity index (χ1v) is 9.37. The first-order valence-electron chi connectivity index (χ1n) is 7.51. The highest BCUT2D eigenvalue weighted by atomic mass is 35.5. The number of halogens is 1. The van der Waals surface area contributed by atoms with E-state index in [9.17, 15) is 13.2 Å². The van der Waals surface area contributed by atoms with E-state index in [1.54, 1.807) is 24.3 Å². The summed E-state index contributed by atoms with van der Waals surface area (Å²) in [6.45, 7) is 1.95. The van der Waals surface area contributed by atoms with Gasteiger partial charge in [-0.15, -0.1) is 0 Å². The van der Waals surface area contributed by atoms with Crippen molar-refractivity contribution < 1.29 is 17.9 Å². The molecule has 0 atom stereocenters. The van der Waals surface area contributed by atoms with E-state index in [4.69, 9.17) is 16.3 Å². The summed E-state index contributed by atoms with van der Waals surface area (Å²) >= 11 is 5.92. The number of methoxy groups -OCH3 is 1. The molecular weight excluding hydrogens is 364 g/mol. The average Bonchev–Trinajstić information content (AvgIpc) is 2.55. The maximum atomic E-state index is 12.5. The van der Waals surface area contributed by atoms with Crippen LogP contribution < -0.4 is 14.8 Å². The second kappa shape index (κ2) is 8.22. The minimum atomic E-state index is -3.77. The number of hydrogen-bond acceptors (Lipinski definition) is 4. The van der Waals surface area contributed by atoms with Gasteiger partial charge in [0.2, 0.25) is 5.91 Å². The number of rotatable bonds is 7. The van der Waals surface area contributed by atoms with Crippen LogP contribution in [0.4, 0.5) is 5.69 Å². The summed E-state index contributed by atoms with van der Waals surface area (Å²) in [4.78, 5) is 11.0. The Balaban J connectivity index is 2.14. The van der Waals surface area contributed by atoms with Crippen molar-refractivity contribution in [2.45, 2.75) is 18.2 Å². The highest BCUT2D eigenvalue weighted by Gasteiger charge is 2.16. The molecule has 0 aliphatic carbocycles. The Morgan fingerprint density at radius 2 is 1.84 bits per heavy atom. The molecule has 0 saturated heterocycles. The topological polar surface area (TPSA) is 84.5 Å². The standard InChI is InChI=1S/C17H19ClN2O4S/c1-12(21)19-10-9-13-3-6-15(7-4-13)25(22,23)20-16-11-14(18)5-8-17(16)24-2/h3-8,11,20H,9-10H2,1-2H3,(H,19,21). The van der Waals surface area contributed by atoms with Crippen molar-refractivity contribution in [2.24, 2.45) is 0 Å². The van der Waals surface area contributed by atoms with Crippen LogP contribution in [0, 0.1) is 0 Å². The normalized spacial score (nSPS) is 11.0. The van der Waals surface area contributed by atoms with Crippen LogP contribution in [0.25, 0.3) is 0 Å². The molecule has 134 valence electrons. The van der Waals surface area contributed by atoms with E-state index in [1.807, 2.05) is 0 Å². The molecule has 0 heterocycles. The fourth-order valence-corrected chi connectivity index (χ4v) is 3.42. The third kappa shape index (κ3) is 5.37. The first-order chi connectivity index (χ1) is 11.8. The largest absolute Gasteiger partial charge is 0.495 e. The van der Waals surface area contributed by atoms with Crippen LogP contribution in [0.3, 0.4) is 0 Å². The molecule has 6 nitrogen and oxygen atoms in total. The van der Waals surface area contributed by atoms with Crippen molar-refractivity contribution in [3.05, 3.63) is 53.1 Å². The van der Waals surface area contributed by atoms with Crippen molar-refractivity contribution in [1.29, 1.82) is 0 Å². The molecule has 0 fully saturated rings. The fraction of sp³-hybridized carbons (Fsp3) is 0.235. The number of carbonyl (C=O) groups is 1. The monoisotopic (exact) mass is 382 g/mol. The van der Waals surface area contributed by atoms with Crippen molar-refractivity contribution in [2.75, 3.05) is 18.4 Å². The Hall–Kier alpha value is -2.25. The average molecular weight is 383 g/mol. The number of anilines is 1. The SMILES string of the molecule is COc1ccc(Cl)cc1NS(=O)(=O)c1ccc(CCNC(C)=O)cc1. The van der Waals surface area contributed by atoms with Crippen LogP contribution in [0.5, 0.6) is 5.75 Å². The Morgan fingerprint density at radius 1 is 1.16 bits per heavy atom. The minimum absolute atomic E-state index is 0.0983. The summed E-state index contributed by atoms with van der Waals surface area (Å²) in [5.74, 6) is 0.277. The van der Waals surface area contributed by atoms with E-state index in [0.717, 1.165) is 5.56 Å². The van der Waals surface area contributed by atoms with Crippen LogP contribution >= 0.6 is 11.6 Å². The van der Waals surface area contributed by atoms with Crippen molar-refractivity contribution in [3.8, 4) is 5.75 Å². The van der Waals surface area contributed by atoms with Crippen LogP contribution in [0.2, 0.25) is 5.02 Å². The number of ether oxygens (including phenoxy) is 1. The van der Waals surface area contributed by atoms with Crippen molar-refractivity contribution in [1.82, 2.24) is 5.32 Å². The lowest BCUT2D eigenvalue weighted by Gasteiger charge is -2.12. The quantitative estimate of drug-likeness (QED) is 0.771. The maximum Gasteiger partial charge on any atom is 0.262 e. The second-order valence-electron chi connectivity index (χ2n) is 5.33. The number of hydrogen-bond donors (Lipinski definition) is 2. The molecule has 0 aromatic heterocycles. The molecule has 0 bridgehead atoms. The predicted octanol–water partition coefficient (Wildman–Crippen LogP) is 2.83. The Kier molecular flexibility index (Phi) is 6.27. The highest BCUT2D eigenvalue weighted by Crippen LogP contribution is 2.29. The smallest absolute Gasteiger partial charge is 0.262 e. The van der Waals surface area contributed by atoms with Crippen molar-refractivity contribution in [3.63, 3.8) is 0 Å². The van der Waals surface area contributed by atoms with Crippen molar-refractivity contribution >= 4 is 33.2 Å². The van der Waals surface area contributed by atoms with Crippen LogP contribution in [-0.4, -0.2) is 28.0 Å². The zero-order chi connectivity index (χ0) is 18.4. The number of amides is 1. The summed E-state index contributed by atoms with van der Waals surface area (Å²) in [6.07, 6.45) is 0.620. The Labute approximate surface area is 152 Å².